The van der Waals surface area contributed by atoms with Crippen molar-refractivity contribution in [3.63, 3.8) is 0 Å². The van der Waals surface area contributed by atoms with Crippen LogP contribution in [-0.4, -0.2) is 42.2 Å². The van der Waals surface area contributed by atoms with Gasteiger partial charge in [-0.3, -0.25) is 4.90 Å². The molecule has 0 spiro atoms. The third-order valence-corrected chi connectivity index (χ3v) is 3.36. The summed E-state index contributed by atoms with van der Waals surface area (Å²) in [6, 6.07) is 6.41. The van der Waals surface area contributed by atoms with Crippen LogP contribution >= 0.6 is 0 Å². The van der Waals surface area contributed by atoms with Crippen molar-refractivity contribution >= 4 is 5.82 Å². The molecule has 1 saturated heterocycles. The number of aromatic nitrogens is 1. The fraction of sp³-hybridized carbons (Fsp3) is 0.643. The molecule has 1 unspecified atom stereocenters. The smallest absolute Gasteiger partial charge is 0.215 e. The van der Waals surface area contributed by atoms with Crippen molar-refractivity contribution in [3.05, 3.63) is 18.2 Å². The summed E-state index contributed by atoms with van der Waals surface area (Å²) >= 11 is 0. The number of anilines is 1. The molecule has 1 N–H and O–H groups in total. The quantitative estimate of drug-likeness (QED) is 0.840. The molecular weight excluding hydrogens is 226 g/mol. The van der Waals surface area contributed by atoms with Gasteiger partial charge in [0.05, 0.1) is 6.61 Å². The van der Waals surface area contributed by atoms with Crippen molar-refractivity contribution in [2.45, 2.75) is 32.7 Å². The summed E-state index contributed by atoms with van der Waals surface area (Å²) in [6.07, 6.45) is 2.67. The molecule has 0 radical (unpaired) electrons. The van der Waals surface area contributed by atoms with Gasteiger partial charge < -0.3 is 10.1 Å². The molecule has 1 fully saturated rings. The van der Waals surface area contributed by atoms with Gasteiger partial charge in [-0.2, -0.15) is 4.98 Å². The average Bonchev–Trinajstić information content (AvgIpc) is 2.91. The van der Waals surface area contributed by atoms with Crippen LogP contribution in [0.5, 0.6) is 5.88 Å². The number of rotatable bonds is 6. The summed E-state index contributed by atoms with van der Waals surface area (Å²) < 4.78 is 5.39. The zero-order valence-electron chi connectivity index (χ0n) is 11.4. The van der Waals surface area contributed by atoms with Gasteiger partial charge in [0.1, 0.15) is 5.82 Å². The van der Waals surface area contributed by atoms with Crippen LogP contribution in [-0.2, 0) is 0 Å². The van der Waals surface area contributed by atoms with E-state index in [9.17, 15) is 0 Å². The van der Waals surface area contributed by atoms with Crippen molar-refractivity contribution in [3.8, 4) is 5.88 Å². The molecule has 4 heteroatoms. The first-order chi connectivity index (χ1) is 8.79. The predicted octanol–water partition coefficient (Wildman–Crippen LogP) is 2.38. The fourth-order valence-corrected chi connectivity index (χ4v) is 2.31. The first-order valence-corrected chi connectivity index (χ1v) is 6.87. The highest BCUT2D eigenvalue weighted by Gasteiger charge is 2.17. The SMILES string of the molecule is CCOc1cccc(NCC(C)N2CCCC2)n1. The average molecular weight is 249 g/mol. The van der Waals surface area contributed by atoms with E-state index in [1.165, 1.54) is 25.9 Å². The van der Waals surface area contributed by atoms with E-state index in [0.29, 0.717) is 18.5 Å². The maximum Gasteiger partial charge on any atom is 0.215 e. The van der Waals surface area contributed by atoms with Gasteiger partial charge in [-0.15, -0.1) is 0 Å². The zero-order chi connectivity index (χ0) is 12.8. The minimum Gasteiger partial charge on any atom is -0.478 e. The number of nitrogens with one attached hydrogen (secondary N) is 1. The molecule has 1 aliphatic heterocycles. The summed E-state index contributed by atoms with van der Waals surface area (Å²) in [4.78, 5) is 6.94. The predicted molar refractivity (Wildman–Crippen MR) is 74.2 cm³/mol. The van der Waals surface area contributed by atoms with Crippen molar-refractivity contribution in [2.24, 2.45) is 0 Å². The zero-order valence-corrected chi connectivity index (χ0v) is 11.4. The van der Waals surface area contributed by atoms with Crippen LogP contribution in [0.15, 0.2) is 18.2 Å². The van der Waals surface area contributed by atoms with E-state index in [-0.39, 0.29) is 0 Å². The highest BCUT2D eigenvalue weighted by molar-refractivity contribution is 5.37. The van der Waals surface area contributed by atoms with Gasteiger partial charge in [-0.1, -0.05) is 6.07 Å². The van der Waals surface area contributed by atoms with Gasteiger partial charge in [0, 0.05) is 18.7 Å². The lowest BCUT2D eigenvalue weighted by molar-refractivity contribution is 0.269. The minimum absolute atomic E-state index is 0.560. The van der Waals surface area contributed by atoms with Gasteiger partial charge >= 0.3 is 0 Å². The van der Waals surface area contributed by atoms with Crippen molar-refractivity contribution in [1.29, 1.82) is 0 Å². The van der Waals surface area contributed by atoms with E-state index >= 15 is 0 Å². The number of hydrogen-bond acceptors (Lipinski definition) is 4. The standard InChI is InChI=1S/C14H23N3O/c1-3-18-14-8-6-7-13(16-14)15-11-12(2)17-9-4-5-10-17/h6-8,12H,3-5,9-11H2,1-2H3,(H,15,16). The molecule has 2 heterocycles. The van der Waals surface area contributed by atoms with E-state index in [2.05, 4.69) is 22.1 Å². The van der Waals surface area contributed by atoms with Crippen LogP contribution in [0.2, 0.25) is 0 Å². The third-order valence-electron chi connectivity index (χ3n) is 3.36. The highest BCUT2D eigenvalue weighted by Crippen LogP contribution is 2.14. The Morgan fingerprint density at radius 3 is 2.89 bits per heavy atom. The second kappa shape index (κ2) is 6.59. The van der Waals surface area contributed by atoms with Crippen LogP contribution < -0.4 is 10.1 Å². The lowest BCUT2D eigenvalue weighted by atomic mass is 10.3. The van der Waals surface area contributed by atoms with Crippen molar-refractivity contribution in [2.75, 3.05) is 31.6 Å². The Morgan fingerprint density at radius 1 is 1.39 bits per heavy atom. The largest absolute Gasteiger partial charge is 0.478 e. The summed E-state index contributed by atoms with van der Waals surface area (Å²) in [5, 5.41) is 3.39. The molecule has 2 rings (SSSR count). The lowest BCUT2D eigenvalue weighted by Crippen LogP contribution is -2.35. The molecule has 1 aromatic heterocycles. The summed E-state index contributed by atoms with van der Waals surface area (Å²) in [5.41, 5.74) is 0. The minimum atomic E-state index is 0.560. The van der Waals surface area contributed by atoms with E-state index in [4.69, 9.17) is 4.74 Å². The first kappa shape index (κ1) is 13.1. The number of hydrogen-bond donors (Lipinski definition) is 1. The molecular formula is C14H23N3O. The number of likely N-dealkylation sites (tertiary alicyclic amines) is 1. The molecule has 0 saturated carbocycles. The third kappa shape index (κ3) is 3.60. The maximum absolute atomic E-state index is 5.39. The Morgan fingerprint density at radius 2 is 2.17 bits per heavy atom. The normalized spacial score (nSPS) is 17.7. The van der Waals surface area contributed by atoms with Crippen LogP contribution in [0, 0.1) is 0 Å². The number of pyridine rings is 1. The molecule has 1 aromatic rings. The number of ether oxygens (including phenoxy) is 1. The summed E-state index contributed by atoms with van der Waals surface area (Å²) in [7, 11) is 0. The van der Waals surface area contributed by atoms with Crippen LogP contribution in [0.1, 0.15) is 26.7 Å². The maximum atomic E-state index is 5.39. The van der Waals surface area contributed by atoms with Gasteiger partial charge in [0.2, 0.25) is 5.88 Å². The Bertz CT molecular complexity index is 364. The Kier molecular flexibility index (Phi) is 4.81. The van der Waals surface area contributed by atoms with Crippen LogP contribution in [0.4, 0.5) is 5.82 Å². The van der Waals surface area contributed by atoms with E-state index in [1.54, 1.807) is 0 Å². The summed E-state index contributed by atoms with van der Waals surface area (Å²) in [5.74, 6) is 1.59. The topological polar surface area (TPSA) is 37.4 Å². The van der Waals surface area contributed by atoms with E-state index < -0.39 is 0 Å². The van der Waals surface area contributed by atoms with Gasteiger partial charge in [-0.25, -0.2) is 0 Å². The van der Waals surface area contributed by atoms with Crippen LogP contribution in [0.3, 0.4) is 0 Å². The first-order valence-electron chi connectivity index (χ1n) is 6.87. The van der Waals surface area contributed by atoms with Crippen molar-refractivity contribution in [1.82, 2.24) is 9.88 Å². The molecule has 0 aromatic carbocycles. The molecule has 0 bridgehead atoms. The Labute approximate surface area is 109 Å². The second-order valence-electron chi connectivity index (χ2n) is 4.77. The summed E-state index contributed by atoms with van der Waals surface area (Å²) in [6.45, 7) is 8.29. The second-order valence-corrected chi connectivity index (χ2v) is 4.77. The van der Waals surface area contributed by atoms with E-state index in [0.717, 1.165) is 12.4 Å². The molecule has 18 heavy (non-hydrogen) atoms. The van der Waals surface area contributed by atoms with E-state index in [1.807, 2.05) is 25.1 Å². The molecule has 0 amide bonds. The van der Waals surface area contributed by atoms with Crippen LogP contribution in [0.25, 0.3) is 0 Å². The van der Waals surface area contributed by atoms with Gasteiger partial charge in [0.25, 0.3) is 0 Å². The van der Waals surface area contributed by atoms with Gasteiger partial charge in [-0.05, 0) is 45.8 Å². The molecule has 4 nitrogen and oxygen atoms in total. The lowest BCUT2D eigenvalue weighted by Gasteiger charge is -2.24. The molecule has 1 atom stereocenters. The Balaban J connectivity index is 1.83. The molecule has 1 aliphatic rings. The molecule has 100 valence electrons. The highest BCUT2D eigenvalue weighted by atomic mass is 16.5. The van der Waals surface area contributed by atoms with Gasteiger partial charge in [0.15, 0.2) is 0 Å². The monoisotopic (exact) mass is 249 g/mol. The molecule has 0 aliphatic carbocycles. The fourth-order valence-electron chi connectivity index (χ4n) is 2.31. The number of nitrogens with zero attached hydrogens (tertiary/aromatic N) is 2. The van der Waals surface area contributed by atoms with Crippen molar-refractivity contribution < 1.29 is 4.74 Å². The Hall–Kier alpha value is -1.29.